The van der Waals surface area contributed by atoms with Crippen LogP contribution >= 0.6 is 0 Å². The number of unbranched alkanes of at least 4 members (excludes halogenated alkanes) is 1. The predicted molar refractivity (Wildman–Crippen MR) is 90.0 cm³/mol. The molecule has 2 heterocycles. The molecule has 0 atom stereocenters. The van der Waals surface area contributed by atoms with E-state index in [0.29, 0.717) is 0 Å². The number of nitrogens with one attached hydrogen (secondary N) is 1. The molecule has 0 unspecified atom stereocenters. The number of anilines is 1. The van der Waals surface area contributed by atoms with Crippen molar-refractivity contribution in [3.8, 4) is 0 Å². The summed E-state index contributed by atoms with van der Waals surface area (Å²) in [6.07, 6.45) is 2.88. The molecule has 1 N–H and O–H groups in total. The number of hydrogen-bond acceptors (Lipinski definition) is 6. The van der Waals surface area contributed by atoms with E-state index in [0.717, 1.165) is 48.7 Å². The van der Waals surface area contributed by atoms with Crippen LogP contribution in [0.3, 0.4) is 0 Å². The van der Waals surface area contributed by atoms with Gasteiger partial charge >= 0.3 is 0 Å². The van der Waals surface area contributed by atoms with Crippen LogP contribution in [0.25, 0.3) is 5.65 Å². The fourth-order valence-electron chi connectivity index (χ4n) is 2.45. The zero-order valence-electron chi connectivity index (χ0n) is 13.3. The van der Waals surface area contributed by atoms with Crippen LogP contribution in [0.15, 0.2) is 36.4 Å². The molecule has 0 saturated carbocycles. The third-order valence-corrected chi connectivity index (χ3v) is 3.76. The Balaban J connectivity index is 1.44. The van der Waals surface area contributed by atoms with E-state index in [9.17, 15) is 10.1 Å². The van der Waals surface area contributed by atoms with Crippen molar-refractivity contribution in [2.24, 2.45) is 0 Å². The number of nitro groups is 1. The lowest BCUT2D eigenvalue weighted by Gasteiger charge is -2.06. The first kappa shape index (κ1) is 15.9. The highest BCUT2D eigenvalue weighted by Gasteiger charge is 2.04. The van der Waals surface area contributed by atoms with Crippen LogP contribution in [-0.2, 0) is 6.42 Å². The van der Waals surface area contributed by atoms with E-state index in [4.69, 9.17) is 0 Å². The number of aryl methyl sites for hydroxylation is 2. The number of nitro benzene ring substituents is 1. The normalized spacial score (nSPS) is 10.9. The molecule has 0 saturated heterocycles. The summed E-state index contributed by atoms with van der Waals surface area (Å²) in [5.41, 5.74) is 1.97. The molecular weight excluding hydrogens is 308 g/mol. The number of aromatic nitrogens is 4. The van der Waals surface area contributed by atoms with E-state index in [1.165, 1.54) is 0 Å². The first-order valence-corrected chi connectivity index (χ1v) is 7.80. The van der Waals surface area contributed by atoms with Gasteiger partial charge in [-0.2, -0.15) is 4.52 Å². The topological polar surface area (TPSA) is 98.2 Å². The van der Waals surface area contributed by atoms with Crippen molar-refractivity contribution < 1.29 is 4.92 Å². The molecule has 8 nitrogen and oxygen atoms in total. The quantitative estimate of drug-likeness (QED) is 0.407. The molecule has 0 amide bonds. The second kappa shape index (κ2) is 7.03. The molecule has 124 valence electrons. The minimum Gasteiger partial charge on any atom is -0.369 e. The fourth-order valence-corrected chi connectivity index (χ4v) is 2.45. The molecule has 0 radical (unpaired) electrons. The van der Waals surface area contributed by atoms with Crippen molar-refractivity contribution >= 4 is 17.2 Å². The van der Waals surface area contributed by atoms with Crippen LogP contribution in [0.5, 0.6) is 0 Å². The molecular formula is C16H18N6O2. The largest absolute Gasteiger partial charge is 0.369 e. The first-order valence-electron chi connectivity index (χ1n) is 7.80. The average molecular weight is 326 g/mol. The molecule has 0 aliphatic heterocycles. The summed E-state index contributed by atoms with van der Waals surface area (Å²) in [6, 6.07) is 10.5. The van der Waals surface area contributed by atoms with Crippen molar-refractivity contribution in [2.75, 3.05) is 11.9 Å². The maximum atomic E-state index is 10.6. The van der Waals surface area contributed by atoms with Gasteiger partial charge < -0.3 is 5.32 Å². The number of hydrogen-bond donors (Lipinski definition) is 1. The molecule has 1 aromatic carbocycles. The Kier molecular flexibility index (Phi) is 4.64. The third kappa shape index (κ3) is 3.65. The summed E-state index contributed by atoms with van der Waals surface area (Å²) in [5.74, 6) is 1.55. The van der Waals surface area contributed by atoms with Crippen LogP contribution in [-0.4, -0.2) is 31.3 Å². The summed E-state index contributed by atoms with van der Waals surface area (Å²) >= 11 is 0. The summed E-state index contributed by atoms with van der Waals surface area (Å²) in [4.78, 5) is 10.2. The Bertz CT molecular complexity index is 843. The van der Waals surface area contributed by atoms with Gasteiger partial charge in [-0.25, -0.2) is 0 Å². The third-order valence-electron chi connectivity index (χ3n) is 3.76. The van der Waals surface area contributed by atoms with Crippen LogP contribution < -0.4 is 5.32 Å². The van der Waals surface area contributed by atoms with Gasteiger partial charge in [-0.15, -0.1) is 15.3 Å². The second-order valence-corrected chi connectivity index (χ2v) is 5.54. The summed E-state index contributed by atoms with van der Waals surface area (Å²) < 4.78 is 1.71. The monoisotopic (exact) mass is 326 g/mol. The molecule has 24 heavy (non-hydrogen) atoms. The van der Waals surface area contributed by atoms with Gasteiger partial charge in [0.15, 0.2) is 11.5 Å². The number of non-ortho nitro benzene ring substituents is 1. The van der Waals surface area contributed by atoms with Crippen molar-refractivity contribution in [2.45, 2.75) is 26.2 Å². The van der Waals surface area contributed by atoms with Crippen LogP contribution in [0.1, 0.15) is 24.2 Å². The Hall–Kier alpha value is -3.03. The van der Waals surface area contributed by atoms with E-state index in [1.807, 2.05) is 31.2 Å². The summed E-state index contributed by atoms with van der Waals surface area (Å²) in [6.45, 7) is 2.67. The number of rotatable bonds is 7. The summed E-state index contributed by atoms with van der Waals surface area (Å²) in [5, 5.41) is 26.3. The van der Waals surface area contributed by atoms with Gasteiger partial charge in [0.2, 0.25) is 0 Å². The highest BCUT2D eigenvalue weighted by molar-refractivity contribution is 5.43. The van der Waals surface area contributed by atoms with E-state index < -0.39 is 0 Å². The van der Waals surface area contributed by atoms with Gasteiger partial charge in [0.05, 0.1) is 4.92 Å². The molecule has 3 rings (SSSR count). The molecule has 3 aromatic rings. The van der Waals surface area contributed by atoms with Gasteiger partial charge in [-0.3, -0.25) is 10.1 Å². The molecule has 0 bridgehead atoms. The molecule has 0 aliphatic carbocycles. The van der Waals surface area contributed by atoms with Crippen LogP contribution in [0, 0.1) is 17.0 Å². The number of nitrogens with zero attached hydrogens (tertiary/aromatic N) is 5. The summed E-state index contributed by atoms with van der Waals surface area (Å²) in [7, 11) is 0. The van der Waals surface area contributed by atoms with Crippen molar-refractivity contribution in [1.82, 2.24) is 19.8 Å². The zero-order valence-corrected chi connectivity index (χ0v) is 13.3. The Morgan fingerprint density at radius 2 is 1.92 bits per heavy atom. The van der Waals surface area contributed by atoms with Gasteiger partial charge in [0.1, 0.15) is 5.82 Å². The molecule has 0 aliphatic rings. The maximum absolute atomic E-state index is 10.6. The molecule has 8 heteroatoms. The minimum atomic E-state index is -0.380. The Labute approximate surface area is 138 Å². The fraction of sp³-hybridized carbons (Fsp3) is 0.312. The minimum absolute atomic E-state index is 0.131. The number of benzene rings is 1. The van der Waals surface area contributed by atoms with E-state index in [-0.39, 0.29) is 10.6 Å². The molecule has 0 fully saturated rings. The lowest BCUT2D eigenvalue weighted by molar-refractivity contribution is -0.384. The van der Waals surface area contributed by atoms with Gasteiger partial charge in [-0.05, 0) is 43.9 Å². The van der Waals surface area contributed by atoms with E-state index in [1.54, 1.807) is 16.6 Å². The molecule has 0 spiro atoms. The van der Waals surface area contributed by atoms with Crippen molar-refractivity contribution in [3.05, 3.63) is 57.9 Å². The van der Waals surface area contributed by atoms with Crippen molar-refractivity contribution in [1.29, 1.82) is 0 Å². The van der Waals surface area contributed by atoms with E-state index in [2.05, 4.69) is 20.6 Å². The SMILES string of the molecule is Cc1nnc2ccc(NCCCCc3ccc([N+](=O)[O-])cc3)nn12. The average Bonchev–Trinajstić information content (AvgIpc) is 2.96. The van der Waals surface area contributed by atoms with Crippen LogP contribution in [0.2, 0.25) is 0 Å². The van der Waals surface area contributed by atoms with Crippen LogP contribution in [0.4, 0.5) is 11.5 Å². The maximum Gasteiger partial charge on any atom is 0.269 e. The highest BCUT2D eigenvalue weighted by atomic mass is 16.6. The van der Waals surface area contributed by atoms with E-state index >= 15 is 0 Å². The standard InChI is InChI=1S/C16H18N6O2/c1-12-18-19-16-10-9-15(20-21(12)16)17-11-3-2-4-13-5-7-14(8-6-13)22(23)24/h5-10H,2-4,11H2,1H3,(H,17,20). The highest BCUT2D eigenvalue weighted by Crippen LogP contribution is 2.14. The first-order chi connectivity index (χ1) is 11.6. The van der Waals surface area contributed by atoms with Crippen molar-refractivity contribution in [3.63, 3.8) is 0 Å². The number of fused-ring (bicyclic) bond motifs is 1. The zero-order chi connectivity index (χ0) is 16.9. The lowest BCUT2D eigenvalue weighted by Crippen LogP contribution is -2.06. The van der Waals surface area contributed by atoms with Gasteiger partial charge in [0.25, 0.3) is 5.69 Å². The van der Waals surface area contributed by atoms with Gasteiger partial charge in [0, 0.05) is 18.7 Å². The van der Waals surface area contributed by atoms with Gasteiger partial charge in [-0.1, -0.05) is 12.1 Å². The Morgan fingerprint density at radius 3 is 2.67 bits per heavy atom. The Morgan fingerprint density at radius 1 is 1.12 bits per heavy atom. The second-order valence-electron chi connectivity index (χ2n) is 5.54. The molecule has 2 aromatic heterocycles. The predicted octanol–water partition coefficient (Wildman–Crippen LogP) is 2.78. The smallest absolute Gasteiger partial charge is 0.269 e. The lowest BCUT2D eigenvalue weighted by atomic mass is 10.1.